The van der Waals surface area contributed by atoms with E-state index in [4.69, 9.17) is 4.74 Å². The van der Waals surface area contributed by atoms with Crippen LogP contribution in [0.5, 0.6) is 5.75 Å². The zero-order valence-electron chi connectivity index (χ0n) is 16.2. The van der Waals surface area contributed by atoms with Gasteiger partial charge in [0.15, 0.2) is 6.61 Å². The molecule has 1 unspecified atom stereocenters. The van der Waals surface area contributed by atoms with Crippen LogP contribution in [0.3, 0.4) is 0 Å². The summed E-state index contributed by atoms with van der Waals surface area (Å²) in [4.78, 5) is 12.5. The molecule has 3 nitrogen and oxygen atoms in total. The molecule has 1 saturated heterocycles. The lowest BCUT2D eigenvalue weighted by atomic mass is 10.0. The average Bonchev–Trinajstić information content (AvgIpc) is 3.58. The minimum Gasteiger partial charge on any atom is -0.484 e. The van der Waals surface area contributed by atoms with Gasteiger partial charge >= 0.3 is 0 Å². The minimum atomic E-state index is -0.0556. The molecule has 0 aromatic heterocycles. The minimum absolute atomic E-state index is 0.0556. The van der Waals surface area contributed by atoms with Crippen molar-refractivity contribution in [1.29, 1.82) is 0 Å². The molecule has 148 valence electrons. The van der Waals surface area contributed by atoms with Crippen LogP contribution in [-0.2, 0) is 4.79 Å². The van der Waals surface area contributed by atoms with Gasteiger partial charge in [-0.1, -0.05) is 42.0 Å². The number of thioether (sulfide) groups is 2. The number of aryl methyl sites for hydroxylation is 1. The van der Waals surface area contributed by atoms with Crippen LogP contribution in [0.2, 0.25) is 0 Å². The summed E-state index contributed by atoms with van der Waals surface area (Å²) in [7, 11) is 0. The van der Waals surface area contributed by atoms with E-state index in [0.29, 0.717) is 10.5 Å². The number of nitrogens with one attached hydrogen (secondary N) is 1. The van der Waals surface area contributed by atoms with Gasteiger partial charge in [0.2, 0.25) is 0 Å². The molecule has 5 heteroatoms. The smallest absolute Gasteiger partial charge is 0.258 e. The molecule has 2 aromatic rings. The number of amides is 1. The highest BCUT2D eigenvalue weighted by molar-refractivity contribution is 8.16. The molecule has 2 fully saturated rings. The second-order valence-corrected chi connectivity index (χ2v) is 10.3. The fraction of sp³-hybridized carbons (Fsp3) is 0.435. The molecule has 4 rings (SSSR count). The molecule has 0 spiro atoms. The SMILES string of the molecule is Cc1ccc(C(NC(=O)COc2ccc(C3SCCCS3)cc2)C2CC2)cc1. The van der Waals surface area contributed by atoms with E-state index in [2.05, 4.69) is 48.6 Å². The Morgan fingerprint density at radius 3 is 2.39 bits per heavy atom. The van der Waals surface area contributed by atoms with E-state index in [-0.39, 0.29) is 18.6 Å². The fourth-order valence-electron chi connectivity index (χ4n) is 3.44. The molecule has 1 saturated carbocycles. The van der Waals surface area contributed by atoms with Crippen LogP contribution in [0.15, 0.2) is 48.5 Å². The Hall–Kier alpha value is -1.59. The van der Waals surface area contributed by atoms with E-state index in [1.165, 1.54) is 47.5 Å². The topological polar surface area (TPSA) is 38.3 Å². The highest BCUT2D eigenvalue weighted by Crippen LogP contribution is 2.44. The summed E-state index contributed by atoms with van der Waals surface area (Å²) in [6.45, 7) is 2.14. The third-order valence-corrected chi connectivity index (χ3v) is 8.21. The summed E-state index contributed by atoms with van der Waals surface area (Å²) in [5.74, 6) is 3.72. The zero-order valence-corrected chi connectivity index (χ0v) is 17.9. The lowest BCUT2D eigenvalue weighted by molar-refractivity contribution is -0.124. The number of hydrogen-bond donors (Lipinski definition) is 1. The van der Waals surface area contributed by atoms with Crippen LogP contribution < -0.4 is 10.1 Å². The van der Waals surface area contributed by atoms with Crippen molar-refractivity contribution in [2.75, 3.05) is 18.1 Å². The predicted molar refractivity (Wildman–Crippen MR) is 119 cm³/mol. The van der Waals surface area contributed by atoms with Crippen molar-refractivity contribution in [1.82, 2.24) is 5.32 Å². The van der Waals surface area contributed by atoms with Gasteiger partial charge in [0, 0.05) is 0 Å². The molecule has 28 heavy (non-hydrogen) atoms. The highest BCUT2D eigenvalue weighted by Gasteiger charge is 2.33. The molecule has 1 aliphatic carbocycles. The van der Waals surface area contributed by atoms with Crippen molar-refractivity contribution in [2.24, 2.45) is 5.92 Å². The van der Waals surface area contributed by atoms with Crippen LogP contribution in [0.1, 0.15) is 46.6 Å². The van der Waals surface area contributed by atoms with E-state index >= 15 is 0 Å². The van der Waals surface area contributed by atoms with Gasteiger partial charge in [-0.2, -0.15) is 0 Å². The van der Waals surface area contributed by atoms with Crippen LogP contribution in [0, 0.1) is 12.8 Å². The Balaban J connectivity index is 1.30. The molecule has 1 aliphatic heterocycles. The van der Waals surface area contributed by atoms with Crippen LogP contribution >= 0.6 is 23.5 Å². The van der Waals surface area contributed by atoms with Gasteiger partial charge in [-0.3, -0.25) is 4.79 Å². The van der Waals surface area contributed by atoms with Crippen molar-refractivity contribution in [3.05, 3.63) is 65.2 Å². The number of hydrogen-bond acceptors (Lipinski definition) is 4. The van der Waals surface area contributed by atoms with Crippen LogP contribution in [-0.4, -0.2) is 24.0 Å². The van der Waals surface area contributed by atoms with Gasteiger partial charge in [-0.15, -0.1) is 23.5 Å². The highest BCUT2D eigenvalue weighted by atomic mass is 32.2. The molecule has 0 radical (unpaired) electrons. The Kier molecular flexibility index (Phi) is 6.53. The summed E-state index contributed by atoms with van der Waals surface area (Å²) >= 11 is 4.03. The van der Waals surface area contributed by atoms with Gasteiger partial charge in [0.1, 0.15) is 5.75 Å². The van der Waals surface area contributed by atoms with Gasteiger partial charge in [-0.25, -0.2) is 0 Å². The van der Waals surface area contributed by atoms with E-state index < -0.39 is 0 Å². The molecular formula is C23H27NO2S2. The largest absolute Gasteiger partial charge is 0.484 e. The van der Waals surface area contributed by atoms with E-state index in [0.717, 1.165) is 5.75 Å². The van der Waals surface area contributed by atoms with E-state index in [9.17, 15) is 4.79 Å². The molecule has 2 aliphatic rings. The maximum atomic E-state index is 12.5. The second kappa shape index (κ2) is 9.27. The van der Waals surface area contributed by atoms with Crippen molar-refractivity contribution in [3.8, 4) is 5.75 Å². The van der Waals surface area contributed by atoms with Crippen LogP contribution in [0.25, 0.3) is 0 Å². The molecule has 1 N–H and O–H groups in total. The summed E-state index contributed by atoms with van der Waals surface area (Å²) < 4.78 is 6.27. The predicted octanol–water partition coefficient (Wildman–Crippen LogP) is 5.51. The summed E-state index contributed by atoms with van der Waals surface area (Å²) in [5, 5.41) is 3.18. The van der Waals surface area contributed by atoms with Gasteiger partial charge in [0.25, 0.3) is 5.91 Å². The summed E-state index contributed by atoms with van der Waals surface area (Å²) in [5.41, 5.74) is 3.76. The van der Waals surface area contributed by atoms with Crippen molar-refractivity contribution >= 4 is 29.4 Å². The first-order valence-electron chi connectivity index (χ1n) is 10.0. The summed E-state index contributed by atoms with van der Waals surface area (Å²) in [6.07, 6.45) is 3.66. The molecule has 1 atom stereocenters. The first kappa shape index (κ1) is 19.7. The zero-order chi connectivity index (χ0) is 19.3. The third kappa shape index (κ3) is 5.26. The Bertz CT molecular complexity index is 781. The maximum Gasteiger partial charge on any atom is 0.258 e. The van der Waals surface area contributed by atoms with E-state index in [1.807, 2.05) is 35.7 Å². The Morgan fingerprint density at radius 2 is 1.75 bits per heavy atom. The molecule has 1 heterocycles. The molecule has 1 amide bonds. The standard InChI is InChI=1S/C23H27NO2S2/c1-16-3-5-17(6-4-16)22(18-7-8-18)24-21(25)15-26-20-11-9-19(10-12-20)23-27-13-2-14-28-23/h3-6,9-12,18,22-23H,2,7-8,13-15H2,1H3,(H,24,25). The number of ether oxygens (including phenoxy) is 1. The average molecular weight is 414 g/mol. The molecule has 0 bridgehead atoms. The lowest BCUT2D eigenvalue weighted by Crippen LogP contribution is -2.33. The number of carbonyl (C=O) groups is 1. The van der Waals surface area contributed by atoms with E-state index in [1.54, 1.807) is 0 Å². The normalized spacial score (nSPS) is 18.5. The van der Waals surface area contributed by atoms with Crippen LogP contribution in [0.4, 0.5) is 0 Å². The molecular weight excluding hydrogens is 386 g/mol. The van der Waals surface area contributed by atoms with Gasteiger partial charge in [-0.05, 0) is 66.9 Å². The summed E-state index contributed by atoms with van der Waals surface area (Å²) in [6, 6.07) is 16.8. The first-order valence-corrected chi connectivity index (χ1v) is 12.1. The van der Waals surface area contributed by atoms with Crippen molar-refractivity contribution in [3.63, 3.8) is 0 Å². The number of carbonyl (C=O) groups excluding carboxylic acids is 1. The monoisotopic (exact) mass is 413 g/mol. The first-order chi connectivity index (χ1) is 13.7. The number of rotatable bonds is 7. The molecule has 2 aromatic carbocycles. The van der Waals surface area contributed by atoms with Crippen molar-refractivity contribution in [2.45, 2.75) is 36.8 Å². The fourth-order valence-corrected chi connectivity index (χ4v) is 6.34. The second-order valence-electron chi connectivity index (χ2n) is 7.58. The quantitative estimate of drug-likeness (QED) is 0.649. The lowest BCUT2D eigenvalue weighted by Gasteiger charge is -2.21. The Labute approximate surface area is 176 Å². The number of benzene rings is 2. The van der Waals surface area contributed by atoms with Gasteiger partial charge < -0.3 is 10.1 Å². The maximum absolute atomic E-state index is 12.5. The third-order valence-electron chi connectivity index (χ3n) is 5.20. The van der Waals surface area contributed by atoms with Gasteiger partial charge in [0.05, 0.1) is 10.6 Å². The van der Waals surface area contributed by atoms with Crippen molar-refractivity contribution < 1.29 is 9.53 Å². The Morgan fingerprint density at radius 1 is 1.07 bits per heavy atom.